The van der Waals surface area contributed by atoms with Crippen molar-refractivity contribution < 1.29 is 118 Å². The number of sulfonamides is 1. The third-order valence-electron chi connectivity index (χ3n) is 23.3. The summed E-state index contributed by atoms with van der Waals surface area (Å²) in [5.41, 5.74) is 3.75. The number of carbonyl (C=O) groups excluding carboxylic acids is 5. The fourth-order valence-corrected chi connectivity index (χ4v) is 18.6. The molecule has 11 aliphatic heterocycles. The van der Waals surface area contributed by atoms with Gasteiger partial charge in [-0.05, 0) is 98.6 Å². The summed E-state index contributed by atoms with van der Waals surface area (Å²) in [7, 11) is -2.66. The van der Waals surface area contributed by atoms with Crippen LogP contribution < -0.4 is 4.31 Å². The number of ether oxygens (including phenoxy) is 17. The fourth-order valence-electron chi connectivity index (χ4n) is 17.3. The minimum Gasteiger partial charge on any atom is -0.461 e. The van der Waals surface area contributed by atoms with Crippen LogP contribution in [0.15, 0.2) is 90.3 Å². The van der Waals surface area contributed by atoms with Crippen LogP contribution in [0.5, 0.6) is 0 Å². The number of imide groups is 1. The van der Waals surface area contributed by atoms with Crippen molar-refractivity contribution in [2.24, 2.45) is 11.8 Å². The van der Waals surface area contributed by atoms with Gasteiger partial charge in [0.2, 0.25) is 5.69 Å². The number of amides is 2. The molecule has 10 fully saturated rings. The first-order valence-electron chi connectivity index (χ1n) is 40.8. The first-order valence-corrected chi connectivity index (χ1v) is 42.2. The van der Waals surface area contributed by atoms with Crippen LogP contribution in [0.2, 0.25) is 0 Å². The number of ketones is 2. The predicted octanol–water partition coefficient (Wildman–Crippen LogP) is 6.72. The van der Waals surface area contributed by atoms with Crippen molar-refractivity contribution in [3.8, 4) is 0 Å². The van der Waals surface area contributed by atoms with Crippen LogP contribution in [0.4, 0.5) is 11.4 Å². The van der Waals surface area contributed by atoms with Gasteiger partial charge in [0.25, 0.3) is 21.8 Å². The van der Waals surface area contributed by atoms with Crippen molar-refractivity contribution >= 4 is 50.7 Å². The van der Waals surface area contributed by atoms with E-state index in [2.05, 4.69) is 40.2 Å². The molecule has 1 aromatic carbocycles. The lowest BCUT2D eigenvalue weighted by atomic mass is 9.81. The number of Topliss-reactive ketones (excluding diaryl/α,β-unsaturated/α-hetero) is 2. The number of benzene rings is 1. The van der Waals surface area contributed by atoms with Crippen molar-refractivity contribution in [3.05, 3.63) is 108 Å². The highest BCUT2D eigenvalue weighted by molar-refractivity contribution is 7.92. The number of hydrogen-bond donors (Lipinski definition) is 1. The van der Waals surface area contributed by atoms with E-state index in [9.17, 15) is 37.5 Å². The molecule has 2 amide bonds. The Bertz CT molecular complexity index is 3940. The Morgan fingerprint density at radius 1 is 0.687 bits per heavy atom. The van der Waals surface area contributed by atoms with Crippen LogP contribution in [0, 0.1) is 18.4 Å². The van der Waals surface area contributed by atoms with E-state index in [1.165, 1.54) is 30.5 Å². The first-order chi connectivity index (χ1) is 55.8. The lowest BCUT2D eigenvalue weighted by Crippen LogP contribution is -2.61. The van der Waals surface area contributed by atoms with Crippen LogP contribution in [0.3, 0.4) is 0 Å². The molecule has 1 spiro atoms. The van der Waals surface area contributed by atoms with E-state index in [1.54, 1.807) is 42.3 Å². The molecule has 0 radical (unpaired) electrons. The zero-order chi connectivity index (χ0) is 80.4. The number of esters is 1. The molecule has 32 nitrogen and oxygen atoms in total. The second kappa shape index (κ2) is 41.3. The van der Waals surface area contributed by atoms with E-state index >= 15 is 0 Å². The topological polar surface area (TPSA) is 351 Å². The molecule has 14 rings (SSSR count). The van der Waals surface area contributed by atoms with E-state index in [-0.39, 0.29) is 180 Å². The Morgan fingerprint density at radius 2 is 1.37 bits per heavy atom. The normalized spacial score (nSPS) is 30.7. The minimum atomic E-state index is -4.26. The zero-order valence-corrected chi connectivity index (χ0v) is 66.6. The summed E-state index contributed by atoms with van der Waals surface area (Å²) in [5, 5.41) is 19.7. The number of methoxy groups -OCH3 is 1. The highest BCUT2D eigenvalue weighted by Gasteiger charge is 2.69. The van der Waals surface area contributed by atoms with Crippen molar-refractivity contribution in [3.63, 3.8) is 0 Å². The van der Waals surface area contributed by atoms with Gasteiger partial charge >= 0.3 is 5.97 Å². The summed E-state index contributed by atoms with van der Waals surface area (Å²) in [6.07, 6.45) is 7.86. The molecule has 0 saturated carbocycles. The Kier molecular flexibility index (Phi) is 30.9. The maximum absolute atomic E-state index is 14.6. The van der Waals surface area contributed by atoms with Crippen LogP contribution in [-0.4, -0.2) is 277 Å². The van der Waals surface area contributed by atoms with Gasteiger partial charge in [0.15, 0.2) is 10.8 Å². The molecule has 2 aromatic heterocycles. The van der Waals surface area contributed by atoms with Gasteiger partial charge < -0.3 is 85.6 Å². The third-order valence-corrected chi connectivity index (χ3v) is 25.0. The number of anilines is 1. The second-order valence-corrected chi connectivity index (χ2v) is 33.2. The van der Waals surface area contributed by atoms with Crippen molar-refractivity contribution in [2.45, 2.75) is 251 Å². The molecule has 1 N–H and O–H groups in total. The number of aromatic nitrogens is 4. The molecule has 19 atom stereocenters. The first kappa shape index (κ1) is 86.1. The average Bonchev–Trinajstić information content (AvgIpc) is 1.55. The van der Waals surface area contributed by atoms with Gasteiger partial charge in [-0.1, -0.05) is 43.5 Å². The van der Waals surface area contributed by atoms with Gasteiger partial charge in [-0.2, -0.15) is 8.42 Å². The van der Waals surface area contributed by atoms with E-state index in [4.69, 9.17) is 87.1 Å². The number of carbonyl (C=O) groups is 5. The minimum absolute atomic E-state index is 0.00531. The Balaban J connectivity index is 0.513. The van der Waals surface area contributed by atoms with Gasteiger partial charge in [-0.25, -0.2) is 9.53 Å². The number of nitrogens with zero attached hydrogens (tertiary/aromatic N) is 7. The predicted molar refractivity (Wildman–Crippen MR) is 407 cm³/mol. The number of hydrogen-bond acceptors (Lipinski definition) is 28. The van der Waals surface area contributed by atoms with E-state index in [0.29, 0.717) is 128 Å². The van der Waals surface area contributed by atoms with Gasteiger partial charge in [-0.15, -0.1) is 5.10 Å². The summed E-state index contributed by atoms with van der Waals surface area (Å²) in [4.78, 5) is 71.8. The van der Waals surface area contributed by atoms with E-state index in [1.807, 2.05) is 0 Å². The highest BCUT2D eigenvalue weighted by Crippen LogP contribution is 2.55. The quantitative estimate of drug-likeness (QED) is 0.0202. The van der Waals surface area contributed by atoms with Crippen molar-refractivity contribution in [2.75, 3.05) is 110 Å². The van der Waals surface area contributed by atoms with E-state index in [0.717, 1.165) is 52.5 Å². The highest BCUT2D eigenvalue weighted by atomic mass is 32.2. The maximum Gasteiger partial charge on any atom is 0.306 e. The molecular weight excluding hydrogens is 1510 g/mol. The number of fused-ring (bicyclic) bond motifs is 6. The summed E-state index contributed by atoms with van der Waals surface area (Å²) in [5.74, 6) is -2.47. The molecule has 115 heavy (non-hydrogen) atoms. The Hall–Kier alpha value is -6.76. The Morgan fingerprint density at radius 3 is 2.10 bits per heavy atom. The number of aliphatic hydroxyl groups is 1. The molecule has 3 aromatic rings. The van der Waals surface area contributed by atoms with Crippen molar-refractivity contribution in [1.29, 1.82) is 0 Å². The number of rotatable bonds is 41. The molecule has 12 bridgehead atoms. The SMILES string of the molecule is [C-]#[N+]c1ccc(S(=O)(=O)N(CCOCCOCCOCCn2cc(COCCOCCOCCOCCCC(=O)CCN3C(=O)C=CC3=O)nn2)c2ccc(COC(=O)CC[C@@H](O)C[C@H]3O[C@H]4CC5O[C@@H](CCC6O[C@@H](CC[C@@]78CC9O[C@H]%10[C@@H](O7)[C@H]7OC(CC[C@@H]7O[C@H]%10C9O8)CC(=O)C[C@@H]4[C@H]3OC)CC6=C)C[C@@H](C)C5=C)cc2)nc1. The lowest BCUT2D eigenvalue weighted by Gasteiger charge is -2.47. The second-order valence-electron chi connectivity index (χ2n) is 31.4. The van der Waals surface area contributed by atoms with Crippen molar-refractivity contribution in [1.82, 2.24) is 24.9 Å². The Labute approximate surface area is 671 Å². The van der Waals surface area contributed by atoms with Gasteiger partial charge in [0, 0.05) is 102 Å². The van der Waals surface area contributed by atoms with Crippen LogP contribution in [-0.2, 0) is 134 Å². The fraction of sp³-hybridized carbons (Fsp3) is 0.695. The zero-order valence-electron chi connectivity index (χ0n) is 65.8. The molecule has 0 aliphatic carbocycles. The number of aliphatic hydroxyl groups excluding tert-OH is 1. The molecule has 11 aliphatic rings. The molecule has 5 unspecified atom stereocenters. The van der Waals surface area contributed by atoms with Crippen LogP contribution >= 0.6 is 0 Å². The van der Waals surface area contributed by atoms with Crippen LogP contribution in [0.1, 0.15) is 134 Å². The summed E-state index contributed by atoms with van der Waals surface area (Å²) in [6, 6.07) is 9.16. The third kappa shape index (κ3) is 22.8. The average molecular weight is 1630 g/mol. The van der Waals surface area contributed by atoms with Gasteiger partial charge in [0.1, 0.15) is 54.4 Å². The molecule has 630 valence electrons. The smallest absolute Gasteiger partial charge is 0.306 e. The standard InChI is InChI=1S/C82H111N7O25S/c1-52-41-62-14-16-66-53(2)42-64(107-66)22-24-82-47-71-78(113-82)79-80(112-71)81(114-82)77-67(111-79)17-15-63(109-77)43-61(92)44-65-69(46-68(108-62)54(52)3)110-70(76(65)98-5)45-60(91)13-21-75(95)106-50-55-8-11-58(12-9-55)89(115(96,97)72-18-10-56(83-4)48-84-72)27-30-101-33-36-103-35-32-100-29-26-87-49-57(85-86-87)51-105-40-39-104-38-37-102-34-31-99-28-6-7-59(90)23-25-88-73(93)19-20-74(88)94/h8-12,18-20,48-49,52,60,62-71,76-81,91H,2-3,6-7,13-17,21-47,50-51H2,1,5H3/t52-,60-,62+,63?,64+,65+,66?,67+,68?,69+,70-,71?,76-,77+,78?,79+,80-,81+,82+/m1/s1. The molecule has 33 heteroatoms. The lowest BCUT2D eigenvalue weighted by molar-refractivity contribution is -0.292. The number of pyridine rings is 1. The molecular formula is C82H111N7O25S. The largest absolute Gasteiger partial charge is 0.461 e. The monoisotopic (exact) mass is 1630 g/mol. The summed E-state index contributed by atoms with van der Waals surface area (Å²) >= 11 is 0. The van der Waals surface area contributed by atoms with Crippen LogP contribution in [0.25, 0.3) is 4.85 Å². The summed E-state index contributed by atoms with van der Waals surface area (Å²) < 4.78 is 137. The van der Waals surface area contributed by atoms with E-state index < -0.39 is 76.1 Å². The molecule has 10 saturated heterocycles. The molecule has 13 heterocycles. The van der Waals surface area contributed by atoms with Gasteiger partial charge in [-0.3, -0.25) is 38.2 Å². The summed E-state index contributed by atoms with van der Waals surface area (Å²) in [6.45, 7) is 23.1. The van der Waals surface area contributed by atoms with Gasteiger partial charge in [0.05, 0.1) is 185 Å². The maximum atomic E-state index is 14.6.